The lowest BCUT2D eigenvalue weighted by molar-refractivity contribution is 0.0697. The molecule has 1 fully saturated rings. The van der Waals surface area contributed by atoms with Gasteiger partial charge < -0.3 is 29.3 Å². The second-order valence-electron chi connectivity index (χ2n) is 9.45. The van der Waals surface area contributed by atoms with Crippen LogP contribution in [0.2, 0.25) is 0 Å². The molecular formula is C29H32N4O5. The Hall–Kier alpha value is -3.95. The smallest absolute Gasteiger partial charge is 0.335 e. The molecule has 2 aliphatic rings. The van der Waals surface area contributed by atoms with E-state index in [2.05, 4.69) is 15.5 Å². The molecule has 3 heterocycles. The second-order valence-corrected chi connectivity index (χ2v) is 9.45. The lowest BCUT2D eigenvalue weighted by Gasteiger charge is -2.32. The van der Waals surface area contributed by atoms with Crippen LogP contribution in [0.1, 0.15) is 40.5 Å². The number of likely N-dealkylation sites (tertiary alicyclic amines) is 1. The summed E-state index contributed by atoms with van der Waals surface area (Å²) < 4.78 is 19.5. The molecule has 0 bridgehead atoms. The molecule has 9 nitrogen and oxygen atoms in total. The number of carboxylic acids is 1. The van der Waals surface area contributed by atoms with E-state index in [0.29, 0.717) is 25.6 Å². The van der Waals surface area contributed by atoms with Crippen LogP contribution in [-0.2, 0) is 17.8 Å². The van der Waals surface area contributed by atoms with Crippen LogP contribution in [-0.4, -0.2) is 64.8 Å². The predicted octanol–water partition coefficient (Wildman–Crippen LogP) is 4.62. The Balaban J connectivity index is 1.27. The molecule has 0 saturated carbocycles. The van der Waals surface area contributed by atoms with E-state index in [1.54, 1.807) is 37.5 Å². The number of fused-ring (bicyclic) bond motifs is 2. The second kappa shape index (κ2) is 11.6. The van der Waals surface area contributed by atoms with E-state index >= 15 is 0 Å². The van der Waals surface area contributed by atoms with Gasteiger partial charge in [0, 0.05) is 25.4 Å². The van der Waals surface area contributed by atoms with Crippen LogP contribution in [0.15, 0.2) is 60.7 Å². The molecule has 3 aromatic rings. The van der Waals surface area contributed by atoms with Gasteiger partial charge in [0.25, 0.3) is 6.29 Å². The molecule has 1 atom stereocenters. The molecule has 2 aromatic carbocycles. The van der Waals surface area contributed by atoms with E-state index in [1.165, 1.54) is 11.8 Å². The highest BCUT2D eigenvalue weighted by molar-refractivity contribution is 5.92. The Labute approximate surface area is 221 Å². The van der Waals surface area contributed by atoms with Crippen molar-refractivity contribution in [2.24, 2.45) is 0 Å². The van der Waals surface area contributed by atoms with Crippen molar-refractivity contribution in [3.05, 3.63) is 77.7 Å². The van der Waals surface area contributed by atoms with Crippen LogP contribution in [0.5, 0.6) is 11.5 Å². The summed E-state index contributed by atoms with van der Waals surface area (Å²) in [5, 5.41) is 16.5. The van der Waals surface area contributed by atoms with Crippen molar-refractivity contribution in [1.82, 2.24) is 14.5 Å². The lowest BCUT2D eigenvalue weighted by Crippen LogP contribution is -2.33. The summed E-state index contributed by atoms with van der Waals surface area (Å²) in [6.07, 6.45) is 9.80. The maximum absolute atomic E-state index is 11.5. The Kier molecular flexibility index (Phi) is 7.86. The molecule has 0 aliphatic carbocycles. The summed E-state index contributed by atoms with van der Waals surface area (Å²) in [6.45, 7) is 3.66. The number of imidazole rings is 1. The van der Waals surface area contributed by atoms with Crippen molar-refractivity contribution in [2.75, 3.05) is 26.8 Å². The zero-order valence-corrected chi connectivity index (χ0v) is 21.4. The lowest BCUT2D eigenvalue weighted by atomic mass is 9.88. The van der Waals surface area contributed by atoms with Crippen molar-refractivity contribution in [2.45, 2.75) is 38.1 Å². The first-order chi connectivity index (χ1) is 18.6. The first-order valence-corrected chi connectivity index (χ1v) is 12.8. The van der Waals surface area contributed by atoms with Crippen LogP contribution in [0.25, 0.3) is 11.0 Å². The number of benzene rings is 2. The van der Waals surface area contributed by atoms with Gasteiger partial charge in [-0.15, -0.1) is 0 Å². The summed E-state index contributed by atoms with van der Waals surface area (Å²) in [6, 6.07) is 11.2. The van der Waals surface area contributed by atoms with Crippen LogP contribution >= 0.6 is 0 Å². The topological polar surface area (TPSA) is 110 Å². The molecule has 38 heavy (non-hydrogen) atoms. The van der Waals surface area contributed by atoms with Gasteiger partial charge in [-0.25, -0.2) is 9.78 Å². The zero-order chi connectivity index (χ0) is 26.5. The number of nitrogens with one attached hydrogen (secondary N) is 1. The van der Waals surface area contributed by atoms with Gasteiger partial charge in [-0.05, 0) is 68.3 Å². The summed E-state index contributed by atoms with van der Waals surface area (Å²) in [7, 11) is 1.66. The van der Waals surface area contributed by atoms with Crippen molar-refractivity contribution in [3.63, 3.8) is 0 Å². The number of methoxy groups -OCH3 is 1. The van der Waals surface area contributed by atoms with E-state index in [0.717, 1.165) is 54.3 Å². The van der Waals surface area contributed by atoms with Crippen molar-refractivity contribution >= 4 is 23.2 Å². The summed E-state index contributed by atoms with van der Waals surface area (Å²) in [5.41, 5.74) is 3.05. The molecule has 0 spiro atoms. The molecule has 0 radical (unpaired) electrons. The van der Waals surface area contributed by atoms with Gasteiger partial charge in [0.1, 0.15) is 5.82 Å². The molecule has 0 amide bonds. The highest BCUT2D eigenvalue weighted by Crippen LogP contribution is 2.44. The number of allylic oxidation sites excluding steroid dienone is 3. The summed E-state index contributed by atoms with van der Waals surface area (Å²) >= 11 is 0. The number of para-hydroxylation sites is 1. The SMILES string of the molecule is COCCn1c(CN2CCC(c3cccc4c3OC(/C=C/C=C\C=N)O4)CC2)nc2ccc(C(=O)O)cc21. The van der Waals surface area contributed by atoms with Gasteiger partial charge in [-0.2, -0.15) is 0 Å². The minimum absolute atomic E-state index is 0.255. The Bertz CT molecular complexity index is 1370. The van der Waals surface area contributed by atoms with Gasteiger partial charge in [-0.1, -0.05) is 24.3 Å². The predicted molar refractivity (Wildman–Crippen MR) is 144 cm³/mol. The number of aromatic carboxylic acids is 1. The first-order valence-electron chi connectivity index (χ1n) is 12.8. The van der Waals surface area contributed by atoms with Gasteiger partial charge in [0.2, 0.25) is 0 Å². The Morgan fingerprint density at radius 1 is 1.18 bits per heavy atom. The van der Waals surface area contributed by atoms with Crippen molar-refractivity contribution < 1.29 is 24.1 Å². The number of nitrogens with zero attached hydrogens (tertiary/aromatic N) is 3. The Morgan fingerprint density at radius 2 is 2.03 bits per heavy atom. The number of rotatable bonds is 10. The minimum atomic E-state index is -0.946. The van der Waals surface area contributed by atoms with Crippen LogP contribution < -0.4 is 9.47 Å². The van der Waals surface area contributed by atoms with E-state index in [1.807, 2.05) is 24.3 Å². The number of hydrogen-bond acceptors (Lipinski definition) is 7. The molecule has 1 aromatic heterocycles. The molecule has 5 rings (SSSR count). The maximum atomic E-state index is 11.5. The summed E-state index contributed by atoms with van der Waals surface area (Å²) in [4.78, 5) is 18.8. The Morgan fingerprint density at radius 3 is 2.79 bits per heavy atom. The maximum Gasteiger partial charge on any atom is 0.335 e. The fourth-order valence-corrected chi connectivity index (χ4v) is 5.15. The number of ether oxygens (including phenoxy) is 3. The molecule has 1 saturated heterocycles. The normalized spacial score (nSPS) is 18.2. The van der Waals surface area contributed by atoms with E-state index in [4.69, 9.17) is 24.6 Å². The fraction of sp³-hybridized carbons (Fsp3) is 0.345. The standard InChI is InChI=1S/C29H32N4O5/c1-36-17-16-33-24-18-21(29(34)35)9-10-23(24)31-26(33)19-32-14-11-20(12-15-32)22-6-5-7-25-28(22)38-27(37-25)8-3-2-4-13-30/h2-10,13,18,20,27,30H,11-12,14-17,19H2,1H3,(H,34,35)/b4-2-,8-3+,30-13?. The molecular weight excluding hydrogens is 484 g/mol. The third kappa shape index (κ3) is 5.49. The average Bonchev–Trinajstić information content (AvgIpc) is 3.50. The minimum Gasteiger partial charge on any atom is -0.478 e. The molecule has 2 N–H and O–H groups in total. The van der Waals surface area contributed by atoms with E-state index < -0.39 is 12.3 Å². The van der Waals surface area contributed by atoms with Crippen LogP contribution in [0.3, 0.4) is 0 Å². The zero-order valence-electron chi connectivity index (χ0n) is 21.4. The number of carbonyl (C=O) groups is 1. The average molecular weight is 517 g/mol. The number of carboxylic acid groups (broad SMARTS) is 1. The first kappa shape index (κ1) is 25.7. The quantitative estimate of drug-likeness (QED) is 0.299. The van der Waals surface area contributed by atoms with E-state index in [9.17, 15) is 9.90 Å². The molecule has 198 valence electrons. The number of aromatic nitrogens is 2. The largest absolute Gasteiger partial charge is 0.478 e. The molecule has 2 aliphatic heterocycles. The molecule has 1 unspecified atom stereocenters. The summed E-state index contributed by atoms with van der Waals surface area (Å²) in [5.74, 6) is 1.94. The van der Waals surface area contributed by atoms with Gasteiger partial charge in [-0.3, -0.25) is 4.90 Å². The monoisotopic (exact) mass is 516 g/mol. The van der Waals surface area contributed by atoms with Crippen molar-refractivity contribution in [3.8, 4) is 11.5 Å². The van der Waals surface area contributed by atoms with Crippen LogP contribution in [0, 0.1) is 5.41 Å². The number of hydrogen-bond donors (Lipinski definition) is 2. The van der Waals surface area contributed by atoms with Crippen molar-refractivity contribution in [1.29, 1.82) is 5.41 Å². The van der Waals surface area contributed by atoms with Crippen LogP contribution in [0.4, 0.5) is 0 Å². The highest BCUT2D eigenvalue weighted by atomic mass is 16.7. The molecule has 9 heteroatoms. The van der Waals surface area contributed by atoms with Gasteiger partial charge in [0.05, 0.1) is 29.7 Å². The number of piperidine rings is 1. The van der Waals surface area contributed by atoms with E-state index in [-0.39, 0.29) is 5.56 Å². The van der Waals surface area contributed by atoms with Gasteiger partial charge in [0.15, 0.2) is 11.5 Å². The van der Waals surface area contributed by atoms with Gasteiger partial charge >= 0.3 is 5.97 Å². The third-order valence-corrected chi connectivity index (χ3v) is 7.06. The highest BCUT2D eigenvalue weighted by Gasteiger charge is 2.30. The third-order valence-electron chi connectivity index (χ3n) is 7.06. The fourth-order valence-electron chi connectivity index (χ4n) is 5.15.